The van der Waals surface area contributed by atoms with Crippen molar-refractivity contribution in [1.82, 2.24) is 9.38 Å². The van der Waals surface area contributed by atoms with E-state index in [4.69, 9.17) is 4.74 Å². The number of benzene rings is 1. The molecule has 0 saturated heterocycles. The summed E-state index contributed by atoms with van der Waals surface area (Å²) in [5.41, 5.74) is 2.91. The third kappa shape index (κ3) is 2.44. The van der Waals surface area contributed by atoms with Gasteiger partial charge in [0, 0.05) is 22.8 Å². The van der Waals surface area contributed by atoms with E-state index < -0.39 is 0 Å². The van der Waals surface area contributed by atoms with Crippen LogP contribution in [0, 0.1) is 0 Å². The van der Waals surface area contributed by atoms with Gasteiger partial charge in [-0.15, -0.1) is 11.3 Å². The van der Waals surface area contributed by atoms with Crippen molar-refractivity contribution in [2.24, 2.45) is 0 Å². The van der Waals surface area contributed by atoms with E-state index in [0.717, 1.165) is 21.9 Å². The number of fused-ring (bicyclic) bond motifs is 1. The van der Waals surface area contributed by atoms with Crippen LogP contribution < -0.4 is 0 Å². The van der Waals surface area contributed by atoms with Gasteiger partial charge in [0.2, 0.25) is 0 Å². The standard InChI is InChI=1S/C15H14N2O2S/c1-2-19-14(18)8-12-10-20-15-16-13(9-17(12)15)11-6-4-3-5-7-11/h3-7,9-10H,2,8H2,1H3. The van der Waals surface area contributed by atoms with Crippen molar-refractivity contribution in [3.63, 3.8) is 0 Å². The van der Waals surface area contributed by atoms with E-state index in [1.165, 1.54) is 11.3 Å². The first kappa shape index (κ1) is 12.9. The summed E-state index contributed by atoms with van der Waals surface area (Å²) in [6.07, 6.45) is 2.24. The number of hydrogen-bond acceptors (Lipinski definition) is 4. The maximum Gasteiger partial charge on any atom is 0.311 e. The van der Waals surface area contributed by atoms with Gasteiger partial charge in [0.15, 0.2) is 4.96 Å². The van der Waals surface area contributed by atoms with Gasteiger partial charge in [0.1, 0.15) is 0 Å². The Morgan fingerprint density at radius 3 is 2.90 bits per heavy atom. The fraction of sp³-hybridized carbons (Fsp3) is 0.200. The molecule has 0 amide bonds. The third-order valence-electron chi connectivity index (χ3n) is 2.98. The molecule has 5 heteroatoms. The SMILES string of the molecule is CCOC(=O)Cc1csc2nc(-c3ccccc3)cn12. The zero-order chi connectivity index (χ0) is 13.9. The zero-order valence-corrected chi connectivity index (χ0v) is 11.9. The van der Waals surface area contributed by atoms with Crippen molar-refractivity contribution in [2.45, 2.75) is 13.3 Å². The molecule has 0 radical (unpaired) electrons. The van der Waals surface area contributed by atoms with Gasteiger partial charge in [-0.1, -0.05) is 30.3 Å². The van der Waals surface area contributed by atoms with Crippen molar-refractivity contribution in [3.05, 3.63) is 47.6 Å². The number of rotatable bonds is 4. The Hall–Kier alpha value is -2.14. The highest BCUT2D eigenvalue weighted by Crippen LogP contribution is 2.23. The molecule has 102 valence electrons. The van der Waals surface area contributed by atoms with E-state index in [0.29, 0.717) is 6.61 Å². The second-order valence-corrected chi connectivity index (χ2v) is 5.19. The van der Waals surface area contributed by atoms with Gasteiger partial charge in [-0.3, -0.25) is 9.20 Å². The van der Waals surface area contributed by atoms with E-state index in [1.54, 1.807) is 0 Å². The van der Waals surface area contributed by atoms with E-state index in [9.17, 15) is 4.79 Å². The average molecular weight is 286 g/mol. The topological polar surface area (TPSA) is 43.6 Å². The zero-order valence-electron chi connectivity index (χ0n) is 11.1. The van der Waals surface area contributed by atoms with Crippen molar-refractivity contribution >= 4 is 22.3 Å². The van der Waals surface area contributed by atoms with Gasteiger partial charge in [-0.05, 0) is 6.92 Å². The smallest absolute Gasteiger partial charge is 0.311 e. The number of ether oxygens (including phenoxy) is 1. The summed E-state index contributed by atoms with van der Waals surface area (Å²) in [6, 6.07) is 10.0. The summed E-state index contributed by atoms with van der Waals surface area (Å²) in [6.45, 7) is 2.22. The third-order valence-corrected chi connectivity index (χ3v) is 3.87. The van der Waals surface area contributed by atoms with Gasteiger partial charge in [0.05, 0.1) is 18.7 Å². The van der Waals surface area contributed by atoms with Crippen LogP contribution in [0.2, 0.25) is 0 Å². The molecule has 0 saturated carbocycles. The minimum absolute atomic E-state index is 0.206. The molecular formula is C15H14N2O2S. The Kier molecular flexibility index (Phi) is 3.52. The Morgan fingerprint density at radius 2 is 2.15 bits per heavy atom. The molecule has 0 aliphatic carbocycles. The average Bonchev–Trinajstić information content (AvgIpc) is 3.02. The summed E-state index contributed by atoms with van der Waals surface area (Å²) in [5, 5.41) is 1.95. The lowest BCUT2D eigenvalue weighted by atomic mass is 10.2. The number of thiazole rings is 1. The summed E-state index contributed by atoms with van der Waals surface area (Å²) in [5.74, 6) is -0.206. The van der Waals surface area contributed by atoms with Crippen LogP contribution in [0.25, 0.3) is 16.2 Å². The molecule has 3 rings (SSSR count). The van der Waals surface area contributed by atoms with E-state index >= 15 is 0 Å². The molecule has 20 heavy (non-hydrogen) atoms. The molecule has 0 fully saturated rings. The first-order valence-electron chi connectivity index (χ1n) is 6.44. The van der Waals surface area contributed by atoms with Crippen molar-refractivity contribution in [2.75, 3.05) is 6.61 Å². The second-order valence-electron chi connectivity index (χ2n) is 4.35. The Bertz CT molecular complexity index is 731. The largest absolute Gasteiger partial charge is 0.466 e. The van der Waals surface area contributed by atoms with Gasteiger partial charge >= 0.3 is 5.97 Å². The van der Waals surface area contributed by atoms with Crippen molar-refractivity contribution in [1.29, 1.82) is 0 Å². The van der Waals surface area contributed by atoms with Crippen LogP contribution in [0.3, 0.4) is 0 Å². The highest BCUT2D eigenvalue weighted by molar-refractivity contribution is 7.15. The number of nitrogens with zero attached hydrogens (tertiary/aromatic N) is 2. The first-order valence-corrected chi connectivity index (χ1v) is 7.32. The number of carbonyl (C=O) groups is 1. The maximum absolute atomic E-state index is 11.6. The van der Waals surface area contributed by atoms with E-state index in [1.807, 2.05) is 53.2 Å². The summed E-state index contributed by atoms with van der Waals surface area (Å²) in [4.78, 5) is 17.1. The summed E-state index contributed by atoms with van der Waals surface area (Å²) in [7, 11) is 0. The maximum atomic E-state index is 11.6. The lowest BCUT2D eigenvalue weighted by Crippen LogP contribution is -2.08. The van der Waals surface area contributed by atoms with E-state index in [-0.39, 0.29) is 12.4 Å². The molecule has 2 aromatic heterocycles. The molecule has 0 unspecified atom stereocenters. The normalized spacial score (nSPS) is 10.8. The molecular weight excluding hydrogens is 272 g/mol. The minimum Gasteiger partial charge on any atom is -0.466 e. The van der Waals surface area contributed by atoms with Crippen LogP contribution in [0.5, 0.6) is 0 Å². The van der Waals surface area contributed by atoms with Crippen LogP contribution in [0.1, 0.15) is 12.6 Å². The predicted molar refractivity (Wildman–Crippen MR) is 78.8 cm³/mol. The number of imidazole rings is 1. The number of hydrogen-bond donors (Lipinski definition) is 0. The Morgan fingerprint density at radius 1 is 1.35 bits per heavy atom. The highest BCUT2D eigenvalue weighted by Gasteiger charge is 2.12. The van der Waals surface area contributed by atoms with Gasteiger partial charge in [-0.2, -0.15) is 0 Å². The molecule has 0 bridgehead atoms. The first-order chi connectivity index (χ1) is 9.78. The van der Waals surface area contributed by atoms with E-state index in [2.05, 4.69) is 4.98 Å². The predicted octanol–water partition coefficient (Wildman–Crippen LogP) is 3.17. The molecule has 0 N–H and O–H groups in total. The highest BCUT2D eigenvalue weighted by atomic mass is 32.1. The summed E-state index contributed by atoms with van der Waals surface area (Å²) >= 11 is 1.53. The van der Waals surface area contributed by atoms with Crippen LogP contribution in [-0.4, -0.2) is 22.0 Å². The molecule has 2 heterocycles. The van der Waals surface area contributed by atoms with Crippen LogP contribution in [-0.2, 0) is 16.0 Å². The minimum atomic E-state index is -0.206. The molecule has 3 aromatic rings. The van der Waals surface area contributed by atoms with Gasteiger partial charge in [0.25, 0.3) is 0 Å². The monoisotopic (exact) mass is 286 g/mol. The summed E-state index contributed by atoms with van der Waals surface area (Å²) < 4.78 is 6.95. The fourth-order valence-corrected chi connectivity index (χ4v) is 2.94. The quantitative estimate of drug-likeness (QED) is 0.692. The number of esters is 1. The fourth-order valence-electron chi connectivity index (χ4n) is 2.06. The van der Waals surface area contributed by atoms with Crippen LogP contribution in [0.4, 0.5) is 0 Å². The van der Waals surface area contributed by atoms with Crippen LogP contribution >= 0.6 is 11.3 Å². The number of carbonyl (C=O) groups excluding carboxylic acids is 1. The molecule has 0 aliphatic rings. The molecule has 0 atom stereocenters. The van der Waals surface area contributed by atoms with Crippen LogP contribution in [0.15, 0.2) is 41.9 Å². The lowest BCUT2D eigenvalue weighted by Gasteiger charge is -2.00. The van der Waals surface area contributed by atoms with Gasteiger partial charge in [-0.25, -0.2) is 4.98 Å². The Labute approximate surface area is 120 Å². The van der Waals surface area contributed by atoms with Gasteiger partial charge < -0.3 is 4.74 Å². The molecule has 1 aromatic carbocycles. The molecule has 0 aliphatic heterocycles. The molecule has 0 spiro atoms. The number of aromatic nitrogens is 2. The lowest BCUT2D eigenvalue weighted by molar-refractivity contribution is -0.142. The Balaban J connectivity index is 1.93. The van der Waals surface area contributed by atoms with Crippen molar-refractivity contribution < 1.29 is 9.53 Å². The second kappa shape index (κ2) is 5.46. The molecule has 4 nitrogen and oxygen atoms in total. The van der Waals surface area contributed by atoms with Crippen molar-refractivity contribution in [3.8, 4) is 11.3 Å².